The minimum atomic E-state index is -0.0538. The first-order valence-electron chi connectivity index (χ1n) is 6.86. The number of hydrogen-bond donors (Lipinski definition) is 1. The summed E-state index contributed by atoms with van der Waals surface area (Å²) in [6, 6.07) is 0. The molecule has 0 amide bonds. The predicted molar refractivity (Wildman–Crippen MR) is 67.9 cm³/mol. The van der Waals surface area contributed by atoms with Crippen LogP contribution in [0, 0.1) is 5.92 Å². The van der Waals surface area contributed by atoms with Crippen LogP contribution in [-0.2, 0) is 9.47 Å². The lowest BCUT2D eigenvalue weighted by molar-refractivity contribution is -0.141. The highest BCUT2D eigenvalue weighted by Gasteiger charge is 2.22. The highest BCUT2D eigenvalue weighted by molar-refractivity contribution is 4.75. The number of ether oxygens (including phenoxy) is 2. The van der Waals surface area contributed by atoms with Crippen LogP contribution in [0.25, 0.3) is 0 Å². The van der Waals surface area contributed by atoms with Crippen molar-refractivity contribution in [2.24, 2.45) is 5.92 Å². The Morgan fingerprint density at radius 2 is 2.00 bits per heavy atom. The standard InChI is InChI=1S/C13H27NO3/c1-3-16-13(17-4-2)6-9-14-8-5-12(11-14)7-10-15/h12-13,15H,3-11H2,1-2H3. The van der Waals surface area contributed by atoms with Gasteiger partial charge >= 0.3 is 0 Å². The van der Waals surface area contributed by atoms with Crippen molar-refractivity contribution < 1.29 is 14.6 Å². The maximum atomic E-state index is 8.91. The fraction of sp³-hybridized carbons (Fsp3) is 1.00. The largest absolute Gasteiger partial charge is 0.396 e. The van der Waals surface area contributed by atoms with E-state index in [1.807, 2.05) is 13.8 Å². The summed E-state index contributed by atoms with van der Waals surface area (Å²) in [6.07, 6.45) is 3.04. The van der Waals surface area contributed by atoms with Gasteiger partial charge in [0, 0.05) is 39.3 Å². The van der Waals surface area contributed by atoms with Gasteiger partial charge in [-0.15, -0.1) is 0 Å². The van der Waals surface area contributed by atoms with E-state index in [1.54, 1.807) is 0 Å². The molecule has 0 bridgehead atoms. The van der Waals surface area contributed by atoms with Gasteiger partial charge in [0.05, 0.1) is 0 Å². The van der Waals surface area contributed by atoms with Gasteiger partial charge in [-0.1, -0.05) is 0 Å². The Kier molecular flexibility index (Phi) is 7.77. The smallest absolute Gasteiger partial charge is 0.158 e. The first-order chi connectivity index (χ1) is 8.30. The Morgan fingerprint density at radius 1 is 1.29 bits per heavy atom. The summed E-state index contributed by atoms with van der Waals surface area (Å²) in [6.45, 7) is 9.03. The van der Waals surface area contributed by atoms with Crippen LogP contribution in [-0.4, -0.2) is 55.8 Å². The molecule has 1 N–H and O–H groups in total. The van der Waals surface area contributed by atoms with Crippen molar-refractivity contribution in [3.63, 3.8) is 0 Å². The Balaban J connectivity index is 2.16. The van der Waals surface area contributed by atoms with E-state index in [-0.39, 0.29) is 6.29 Å². The van der Waals surface area contributed by atoms with E-state index in [4.69, 9.17) is 14.6 Å². The van der Waals surface area contributed by atoms with Crippen LogP contribution >= 0.6 is 0 Å². The van der Waals surface area contributed by atoms with Gasteiger partial charge in [0.25, 0.3) is 0 Å². The summed E-state index contributed by atoms with van der Waals surface area (Å²) in [5.74, 6) is 0.678. The number of aliphatic hydroxyl groups is 1. The van der Waals surface area contributed by atoms with E-state index in [0.29, 0.717) is 25.7 Å². The molecule has 0 aliphatic carbocycles. The maximum absolute atomic E-state index is 8.91. The van der Waals surface area contributed by atoms with Gasteiger partial charge in [-0.3, -0.25) is 0 Å². The molecule has 17 heavy (non-hydrogen) atoms. The molecule has 102 valence electrons. The summed E-state index contributed by atoms with van der Waals surface area (Å²) >= 11 is 0. The molecule has 1 fully saturated rings. The molecular weight excluding hydrogens is 218 g/mol. The molecule has 0 spiro atoms. The molecule has 1 aliphatic rings. The second kappa shape index (κ2) is 8.86. The average Bonchev–Trinajstić information content (AvgIpc) is 2.75. The third-order valence-corrected chi connectivity index (χ3v) is 3.29. The van der Waals surface area contributed by atoms with Crippen molar-refractivity contribution in [2.45, 2.75) is 39.4 Å². The molecule has 1 aliphatic heterocycles. The summed E-state index contributed by atoms with van der Waals surface area (Å²) in [7, 11) is 0. The van der Waals surface area contributed by atoms with Crippen LogP contribution in [0.4, 0.5) is 0 Å². The highest BCUT2D eigenvalue weighted by atomic mass is 16.7. The summed E-state index contributed by atoms with van der Waals surface area (Å²) < 4.78 is 11.1. The van der Waals surface area contributed by atoms with Crippen molar-refractivity contribution in [3.05, 3.63) is 0 Å². The van der Waals surface area contributed by atoms with Gasteiger partial charge in [-0.05, 0) is 39.2 Å². The molecule has 0 radical (unpaired) electrons. The SMILES string of the molecule is CCOC(CCN1CCC(CCO)C1)OCC. The monoisotopic (exact) mass is 245 g/mol. The second-order valence-corrected chi connectivity index (χ2v) is 4.60. The zero-order valence-corrected chi connectivity index (χ0v) is 11.2. The lowest BCUT2D eigenvalue weighted by atomic mass is 10.1. The Labute approximate surface area is 105 Å². The third-order valence-electron chi connectivity index (χ3n) is 3.29. The summed E-state index contributed by atoms with van der Waals surface area (Å²) in [4.78, 5) is 2.45. The molecule has 0 aromatic heterocycles. The molecule has 0 aromatic carbocycles. The molecule has 1 atom stereocenters. The molecule has 1 heterocycles. The van der Waals surface area contributed by atoms with Crippen LogP contribution in [0.2, 0.25) is 0 Å². The van der Waals surface area contributed by atoms with Crippen molar-refractivity contribution in [1.29, 1.82) is 0 Å². The van der Waals surface area contributed by atoms with Gasteiger partial charge in [-0.25, -0.2) is 0 Å². The minimum absolute atomic E-state index is 0.0538. The Bertz CT molecular complexity index is 184. The molecule has 1 unspecified atom stereocenters. The van der Waals surface area contributed by atoms with Crippen LogP contribution in [0.3, 0.4) is 0 Å². The lowest BCUT2D eigenvalue weighted by Crippen LogP contribution is -2.28. The first kappa shape index (κ1) is 14.9. The Morgan fingerprint density at radius 3 is 2.59 bits per heavy atom. The summed E-state index contributed by atoms with van der Waals surface area (Å²) in [5, 5.41) is 8.91. The summed E-state index contributed by atoms with van der Waals surface area (Å²) in [5.41, 5.74) is 0. The van der Waals surface area contributed by atoms with Crippen LogP contribution in [0.1, 0.15) is 33.1 Å². The van der Waals surface area contributed by atoms with E-state index < -0.39 is 0 Å². The number of rotatable bonds is 9. The van der Waals surface area contributed by atoms with E-state index >= 15 is 0 Å². The maximum Gasteiger partial charge on any atom is 0.158 e. The van der Waals surface area contributed by atoms with E-state index in [1.165, 1.54) is 6.42 Å². The van der Waals surface area contributed by atoms with Crippen molar-refractivity contribution >= 4 is 0 Å². The first-order valence-corrected chi connectivity index (χ1v) is 6.86. The fourth-order valence-corrected chi connectivity index (χ4v) is 2.41. The molecule has 4 nitrogen and oxygen atoms in total. The average molecular weight is 245 g/mol. The second-order valence-electron chi connectivity index (χ2n) is 4.60. The van der Waals surface area contributed by atoms with E-state index in [0.717, 1.165) is 32.5 Å². The zero-order chi connectivity index (χ0) is 12.5. The minimum Gasteiger partial charge on any atom is -0.396 e. The number of aliphatic hydroxyl groups excluding tert-OH is 1. The molecule has 0 saturated carbocycles. The molecule has 0 aromatic rings. The molecule has 1 rings (SSSR count). The normalized spacial score (nSPS) is 21.5. The van der Waals surface area contributed by atoms with Gasteiger partial charge in [-0.2, -0.15) is 0 Å². The number of hydrogen-bond acceptors (Lipinski definition) is 4. The van der Waals surface area contributed by atoms with Crippen molar-refractivity contribution in [1.82, 2.24) is 4.90 Å². The predicted octanol–water partition coefficient (Wildman–Crippen LogP) is 1.48. The Hall–Kier alpha value is -0.160. The van der Waals surface area contributed by atoms with Gasteiger partial charge < -0.3 is 19.5 Å². The molecule has 1 saturated heterocycles. The third kappa shape index (κ3) is 5.82. The van der Waals surface area contributed by atoms with Gasteiger partial charge in [0.15, 0.2) is 6.29 Å². The highest BCUT2D eigenvalue weighted by Crippen LogP contribution is 2.19. The number of nitrogens with zero attached hydrogens (tertiary/aromatic N) is 1. The fourth-order valence-electron chi connectivity index (χ4n) is 2.41. The lowest BCUT2D eigenvalue weighted by Gasteiger charge is -2.21. The van der Waals surface area contributed by atoms with Crippen LogP contribution < -0.4 is 0 Å². The molecule has 4 heteroatoms. The van der Waals surface area contributed by atoms with Gasteiger partial charge in [0.2, 0.25) is 0 Å². The van der Waals surface area contributed by atoms with Crippen LogP contribution in [0.5, 0.6) is 0 Å². The molecular formula is C13H27NO3. The quantitative estimate of drug-likeness (QED) is 0.625. The van der Waals surface area contributed by atoms with E-state index in [9.17, 15) is 0 Å². The van der Waals surface area contributed by atoms with E-state index in [2.05, 4.69) is 4.90 Å². The van der Waals surface area contributed by atoms with Crippen molar-refractivity contribution in [2.75, 3.05) is 39.5 Å². The number of likely N-dealkylation sites (tertiary alicyclic amines) is 1. The van der Waals surface area contributed by atoms with Crippen LogP contribution in [0.15, 0.2) is 0 Å². The van der Waals surface area contributed by atoms with Crippen molar-refractivity contribution in [3.8, 4) is 0 Å². The zero-order valence-electron chi connectivity index (χ0n) is 11.2. The van der Waals surface area contributed by atoms with Gasteiger partial charge in [0.1, 0.15) is 0 Å². The topological polar surface area (TPSA) is 41.9 Å².